The van der Waals surface area contributed by atoms with Gasteiger partial charge in [0.05, 0.1) is 6.04 Å². The minimum absolute atomic E-state index is 0.0827. The van der Waals surface area contributed by atoms with Gasteiger partial charge in [0, 0.05) is 16.1 Å². The molecule has 0 saturated carbocycles. The normalized spacial score (nSPS) is 12.4. The molecule has 0 aliphatic heterocycles. The first kappa shape index (κ1) is 14.8. The van der Waals surface area contributed by atoms with Crippen molar-refractivity contribution in [1.29, 1.82) is 0 Å². The number of nitrogens with two attached hydrogens (primary N) is 1. The van der Waals surface area contributed by atoms with E-state index in [1.807, 2.05) is 0 Å². The van der Waals surface area contributed by atoms with Crippen LogP contribution < -0.4 is 11.3 Å². The molecule has 0 heterocycles. The predicted molar refractivity (Wildman–Crippen MR) is 71.5 cm³/mol. The molecule has 1 unspecified atom stereocenters. The molecule has 0 bridgehead atoms. The Balaban J connectivity index is 2.39. The molecule has 2 aromatic carbocycles. The van der Waals surface area contributed by atoms with Gasteiger partial charge in [-0.3, -0.25) is 11.3 Å². The summed E-state index contributed by atoms with van der Waals surface area (Å²) in [6, 6.07) is 6.83. The fourth-order valence-corrected chi connectivity index (χ4v) is 2.31. The highest BCUT2D eigenvalue weighted by Gasteiger charge is 2.21. The molecule has 2 rings (SSSR count). The van der Waals surface area contributed by atoms with Gasteiger partial charge in [0.2, 0.25) is 0 Å². The van der Waals surface area contributed by atoms with Gasteiger partial charge in [-0.05, 0) is 30.7 Å². The van der Waals surface area contributed by atoms with E-state index in [0.717, 1.165) is 12.1 Å². The van der Waals surface area contributed by atoms with Crippen LogP contribution in [0.4, 0.5) is 13.2 Å². The summed E-state index contributed by atoms with van der Waals surface area (Å²) in [6.07, 6.45) is -0.157. The summed E-state index contributed by atoms with van der Waals surface area (Å²) in [5.74, 6) is 3.36. The van der Waals surface area contributed by atoms with Crippen LogP contribution in [-0.4, -0.2) is 0 Å². The molecule has 0 fully saturated rings. The number of hydrazine groups is 1. The van der Waals surface area contributed by atoms with Crippen molar-refractivity contribution in [2.45, 2.75) is 12.5 Å². The first-order valence-corrected chi connectivity index (χ1v) is 6.25. The van der Waals surface area contributed by atoms with Gasteiger partial charge >= 0.3 is 0 Å². The first-order valence-electron chi connectivity index (χ1n) is 5.87. The fraction of sp³-hybridized carbons (Fsp3) is 0.143. The molecule has 6 heteroatoms. The van der Waals surface area contributed by atoms with Gasteiger partial charge in [0.25, 0.3) is 0 Å². The van der Waals surface area contributed by atoms with Crippen LogP contribution in [0.25, 0.3) is 0 Å². The Labute approximate surface area is 119 Å². The van der Waals surface area contributed by atoms with Crippen LogP contribution in [0.5, 0.6) is 0 Å². The van der Waals surface area contributed by atoms with Crippen molar-refractivity contribution >= 4 is 11.6 Å². The van der Waals surface area contributed by atoms with Gasteiger partial charge in [0.1, 0.15) is 17.5 Å². The standard InChI is InChI=1S/C14H12ClF3N2/c15-9-3-1-6-12(18)14(9)13(20-19)7-8-10(16)4-2-5-11(8)17/h1-6,13,20H,7,19H2. The van der Waals surface area contributed by atoms with Gasteiger partial charge in [0.15, 0.2) is 0 Å². The zero-order chi connectivity index (χ0) is 14.7. The maximum atomic E-state index is 13.8. The van der Waals surface area contributed by atoms with Crippen LogP contribution in [-0.2, 0) is 6.42 Å². The first-order chi connectivity index (χ1) is 9.54. The van der Waals surface area contributed by atoms with Crippen LogP contribution >= 0.6 is 11.6 Å². The Hall–Kier alpha value is -1.56. The van der Waals surface area contributed by atoms with Crippen LogP contribution in [0.15, 0.2) is 36.4 Å². The molecule has 0 aromatic heterocycles. The van der Waals surface area contributed by atoms with Gasteiger partial charge < -0.3 is 0 Å². The smallest absolute Gasteiger partial charge is 0.129 e. The summed E-state index contributed by atoms with van der Waals surface area (Å²) in [5.41, 5.74) is 2.26. The third kappa shape index (κ3) is 2.95. The lowest BCUT2D eigenvalue weighted by atomic mass is 9.98. The van der Waals surface area contributed by atoms with Crippen LogP contribution in [0.3, 0.4) is 0 Å². The molecule has 20 heavy (non-hydrogen) atoms. The van der Waals surface area contributed by atoms with Crippen molar-refractivity contribution in [2.75, 3.05) is 0 Å². The molecular formula is C14H12ClF3N2. The second-order valence-corrected chi connectivity index (χ2v) is 4.67. The van der Waals surface area contributed by atoms with Crippen molar-refractivity contribution in [3.05, 3.63) is 70.0 Å². The second kappa shape index (κ2) is 6.26. The zero-order valence-electron chi connectivity index (χ0n) is 10.3. The van der Waals surface area contributed by atoms with E-state index in [1.54, 1.807) is 0 Å². The minimum Gasteiger partial charge on any atom is -0.271 e. The highest BCUT2D eigenvalue weighted by Crippen LogP contribution is 2.29. The molecule has 0 spiro atoms. The summed E-state index contributed by atoms with van der Waals surface area (Å²) >= 11 is 5.93. The zero-order valence-corrected chi connectivity index (χ0v) is 11.1. The molecular weight excluding hydrogens is 289 g/mol. The number of hydrogen-bond donors (Lipinski definition) is 2. The summed E-state index contributed by atoms with van der Waals surface area (Å²) < 4.78 is 41.1. The summed E-state index contributed by atoms with van der Waals surface area (Å²) in [5, 5.41) is 0.143. The largest absolute Gasteiger partial charge is 0.271 e. The van der Waals surface area contributed by atoms with Crippen molar-refractivity contribution in [1.82, 2.24) is 5.43 Å². The molecule has 0 aliphatic rings. The maximum absolute atomic E-state index is 13.8. The van der Waals surface area contributed by atoms with Crippen LogP contribution in [0, 0.1) is 17.5 Å². The van der Waals surface area contributed by atoms with E-state index in [4.69, 9.17) is 17.4 Å². The van der Waals surface area contributed by atoms with Crippen LogP contribution in [0.2, 0.25) is 5.02 Å². The molecule has 0 radical (unpaired) electrons. The lowest BCUT2D eigenvalue weighted by molar-refractivity contribution is 0.481. The maximum Gasteiger partial charge on any atom is 0.129 e. The quantitative estimate of drug-likeness (QED) is 0.670. The average molecular weight is 301 g/mol. The summed E-state index contributed by atoms with van der Waals surface area (Å²) in [4.78, 5) is 0. The highest BCUT2D eigenvalue weighted by atomic mass is 35.5. The van der Waals surface area contributed by atoms with Gasteiger partial charge in [-0.25, -0.2) is 13.2 Å². The molecule has 2 aromatic rings. The monoisotopic (exact) mass is 300 g/mol. The topological polar surface area (TPSA) is 38.0 Å². The van der Waals surface area contributed by atoms with E-state index in [9.17, 15) is 13.2 Å². The third-order valence-corrected chi connectivity index (χ3v) is 3.35. The van der Waals surface area contributed by atoms with E-state index in [2.05, 4.69) is 5.43 Å². The second-order valence-electron chi connectivity index (χ2n) is 4.26. The molecule has 0 amide bonds. The summed E-state index contributed by atoms with van der Waals surface area (Å²) in [7, 11) is 0. The molecule has 106 valence electrons. The van der Waals surface area contributed by atoms with Gasteiger partial charge in [-0.2, -0.15) is 0 Å². The number of rotatable bonds is 4. The van der Waals surface area contributed by atoms with Crippen molar-refractivity contribution < 1.29 is 13.2 Å². The van der Waals surface area contributed by atoms with E-state index in [1.165, 1.54) is 24.3 Å². The Kier molecular flexibility index (Phi) is 4.65. The van der Waals surface area contributed by atoms with Crippen LogP contribution in [0.1, 0.15) is 17.2 Å². The number of nitrogens with one attached hydrogen (secondary N) is 1. The summed E-state index contributed by atoms with van der Waals surface area (Å²) in [6.45, 7) is 0. The van der Waals surface area contributed by atoms with Gasteiger partial charge in [-0.15, -0.1) is 0 Å². The Bertz CT molecular complexity index is 579. The lowest BCUT2D eigenvalue weighted by Gasteiger charge is -2.19. The molecule has 0 saturated heterocycles. The molecule has 0 aliphatic carbocycles. The van der Waals surface area contributed by atoms with E-state index >= 15 is 0 Å². The van der Waals surface area contributed by atoms with Gasteiger partial charge in [-0.1, -0.05) is 23.7 Å². The lowest BCUT2D eigenvalue weighted by Crippen LogP contribution is -2.31. The van der Waals surface area contributed by atoms with Crippen molar-refractivity contribution in [3.63, 3.8) is 0 Å². The Morgan fingerprint density at radius 2 is 1.55 bits per heavy atom. The fourth-order valence-electron chi connectivity index (χ4n) is 2.02. The van der Waals surface area contributed by atoms with E-state index in [0.29, 0.717) is 0 Å². The number of benzene rings is 2. The molecule has 3 N–H and O–H groups in total. The Morgan fingerprint density at radius 1 is 1.00 bits per heavy atom. The minimum atomic E-state index is -0.838. The number of hydrogen-bond acceptors (Lipinski definition) is 2. The SMILES string of the molecule is NNC(Cc1c(F)cccc1F)c1c(F)cccc1Cl. The van der Waals surface area contributed by atoms with Crippen molar-refractivity contribution in [2.24, 2.45) is 5.84 Å². The third-order valence-electron chi connectivity index (χ3n) is 3.02. The van der Waals surface area contributed by atoms with Crippen molar-refractivity contribution in [3.8, 4) is 0 Å². The highest BCUT2D eigenvalue weighted by molar-refractivity contribution is 6.31. The number of halogens is 4. The predicted octanol–water partition coefficient (Wildman–Crippen LogP) is 3.50. The Morgan fingerprint density at radius 3 is 2.10 bits per heavy atom. The molecule has 2 nitrogen and oxygen atoms in total. The average Bonchev–Trinajstić information content (AvgIpc) is 2.40. The van der Waals surface area contributed by atoms with E-state index < -0.39 is 23.5 Å². The van der Waals surface area contributed by atoms with E-state index in [-0.39, 0.29) is 22.6 Å². The molecule has 1 atom stereocenters.